The van der Waals surface area contributed by atoms with E-state index in [-0.39, 0.29) is 11.3 Å². The highest BCUT2D eigenvalue weighted by atomic mass is 127. The summed E-state index contributed by atoms with van der Waals surface area (Å²) >= 11 is 2.17. The number of carbonyl (C=O) groups excluding carboxylic acids is 1. The molecule has 30 heavy (non-hydrogen) atoms. The number of aryl methyl sites for hydroxylation is 1. The van der Waals surface area contributed by atoms with E-state index in [1.54, 1.807) is 31.2 Å². The third-order valence-electron chi connectivity index (χ3n) is 4.17. The standard InChI is InChI=1S/C23H17FINO4/c1-14-6-9-16(13-18(14)24)22(27)26-20(23(28)29)12-15-7-10-17(11-8-15)30-21-5-3-2-4-19(21)25/h2-13H,1H3,(H,26,27)(H,28,29)/b20-12+. The summed E-state index contributed by atoms with van der Waals surface area (Å²) in [7, 11) is 0. The Labute approximate surface area is 186 Å². The van der Waals surface area contributed by atoms with E-state index in [2.05, 4.69) is 27.9 Å². The smallest absolute Gasteiger partial charge is 0.352 e. The van der Waals surface area contributed by atoms with Crippen molar-refractivity contribution in [2.75, 3.05) is 0 Å². The summed E-state index contributed by atoms with van der Waals surface area (Å²) in [4.78, 5) is 23.9. The third kappa shape index (κ3) is 5.44. The normalized spacial score (nSPS) is 11.1. The highest BCUT2D eigenvalue weighted by Crippen LogP contribution is 2.26. The highest BCUT2D eigenvalue weighted by Gasteiger charge is 2.14. The van der Waals surface area contributed by atoms with Crippen LogP contribution in [0.15, 0.2) is 72.4 Å². The molecule has 0 unspecified atom stereocenters. The van der Waals surface area contributed by atoms with Crippen LogP contribution in [0, 0.1) is 16.3 Å². The van der Waals surface area contributed by atoms with Gasteiger partial charge < -0.3 is 15.2 Å². The number of aliphatic carboxylic acids is 1. The Hall–Kier alpha value is -3.20. The lowest BCUT2D eigenvalue weighted by atomic mass is 10.1. The van der Waals surface area contributed by atoms with Gasteiger partial charge in [-0.2, -0.15) is 0 Å². The van der Waals surface area contributed by atoms with Gasteiger partial charge in [0.1, 0.15) is 23.0 Å². The molecule has 3 aromatic carbocycles. The van der Waals surface area contributed by atoms with Crippen LogP contribution in [0.4, 0.5) is 4.39 Å². The molecule has 5 nitrogen and oxygen atoms in total. The summed E-state index contributed by atoms with van der Waals surface area (Å²) < 4.78 is 20.4. The molecule has 0 aliphatic heterocycles. The molecule has 0 aliphatic rings. The lowest BCUT2D eigenvalue weighted by Crippen LogP contribution is -2.27. The average molecular weight is 517 g/mol. The van der Waals surface area contributed by atoms with Gasteiger partial charge >= 0.3 is 5.97 Å². The van der Waals surface area contributed by atoms with Gasteiger partial charge in [-0.05, 0) is 83.1 Å². The van der Waals surface area contributed by atoms with Gasteiger partial charge in [-0.3, -0.25) is 4.79 Å². The minimum atomic E-state index is -1.31. The minimum absolute atomic E-state index is 0.0338. The minimum Gasteiger partial charge on any atom is -0.477 e. The van der Waals surface area contributed by atoms with E-state index in [4.69, 9.17) is 4.74 Å². The molecule has 3 aromatic rings. The molecule has 152 valence electrons. The van der Waals surface area contributed by atoms with Crippen molar-refractivity contribution in [2.24, 2.45) is 0 Å². The number of hydrogen-bond donors (Lipinski definition) is 2. The summed E-state index contributed by atoms with van der Waals surface area (Å²) in [5.41, 5.74) is 0.657. The number of halogens is 2. The fourth-order valence-electron chi connectivity index (χ4n) is 2.53. The fourth-order valence-corrected chi connectivity index (χ4v) is 3.03. The SMILES string of the molecule is Cc1ccc(C(=O)N/C(=C/c2ccc(Oc3ccccc3I)cc2)C(=O)O)cc1F. The number of hydrogen-bond acceptors (Lipinski definition) is 3. The first kappa shape index (κ1) is 21.5. The van der Waals surface area contributed by atoms with Crippen molar-refractivity contribution in [1.82, 2.24) is 5.32 Å². The monoisotopic (exact) mass is 517 g/mol. The molecule has 0 saturated heterocycles. The van der Waals surface area contributed by atoms with E-state index in [1.165, 1.54) is 18.2 Å². The number of ether oxygens (including phenoxy) is 1. The van der Waals surface area contributed by atoms with Crippen molar-refractivity contribution in [3.8, 4) is 11.5 Å². The van der Waals surface area contributed by atoms with Crippen molar-refractivity contribution in [3.63, 3.8) is 0 Å². The molecule has 0 heterocycles. The number of carboxylic acids is 1. The Morgan fingerprint density at radius 1 is 1.07 bits per heavy atom. The number of carbonyl (C=O) groups is 2. The van der Waals surface area contributed by atoms with Gasteiger partial charge in [0.2, 0.25) is 0 Å². The summed E-state index contributed by atoms with van der Waals surface area (Å²) in [5, 5.41) is 11.7. The predicted molar refractivity (Wildman–Crippen MR) is 120 cm³/mol. The molecule has 3 rings (SSSR count). The highest BCUT2D eigenvalue weighted by molar-refractivity contribution is 14.1. The van der Waals surface area contributed by atoms with E-state index in [9.17, 15) is 19.1 Å². The molecule has 0 bridgehead atoms. The maximum atomic E-state index is 13.7. The molecule has 2 N–H and O–H groups in total. The molecule has 0 radical (unpaired) electrons. The number of nitrogens with one attached hydrogen (secondary N) is 1. The van der Waals surface area contributed by atoms with Gasteiger partial charge in [-0.15, -0.1) is 0 Å². The number of benzene rings is 3. The van der Waals surface area contributed by atoms with Crippen LogP contribution in [-0.2, 0) is 4.79 Å². The van der Waals surface area contributed by atoms with Crippen LogP contribution in [0.3, 0.4) is 0 Å². The number of carboxylic acid groups (broad SMARTS) is 1. The van der Waals surface area contributed by atoms with Gasteiger partial charge in [-0.25, -0.2) is 9.18 Å². The Kier molecular flexibility index (Phi) is 6.83. The number of rotatable bonds is 6. The van der Waals surface area contributed by atoms with Crippen LogP contribution in [0.1, 0.15) is 21.5 Å². The zero-order valence-corrected chi connectivity index (χ0v) is 18.0. The molecule has 0 saturated carbocycles. The molecular weight excluding hydrogens is 500 g/mol. The Bertz CT molecular complexity index is 1130. The average Bonchev–Trinajstić information content (AvgIpc) is 2.72. The van der Waals surface area contributed by atoms with Crippen LogP contribution in [-0.4, -0.2) is 17.0 Å². The second-order valence-corrected chi connectivity index (χ2v) is 7.54. The van der Waals surface area contributed by atoms with E-state index < -0.39 is 17.7 Å². The second kappa shape index (κ2) is 9.53. The predicted octanol–water partition coefficient (Wildman–Crippen LogP) is 5.39. The molecular formula is C23H17FINO4. The largest absolute Gasteiger partial charge is 0.477 e. The van der Waals surface area contributed by atoms with Gasteiger partial charge in [-0.1, -0.05) is 30.3 Å². The van der Waals surface area contributed by atoms with Gasteiger partial charge in [0.25, 0.3) is 5.91 Å². The lowest BCUT2D eigenvalue weighted by molar-refractivity contribution is -0.132. The molecule has 0 fully saturated rings. The summed E-state index contributed by atoms with van der Waals surface area (Å²) in [5.74, 6) is -1.25. The third-order valence-corrected chi connectivity index (χ3v) is 5.06. The first-order chi connectivity index (χ1) is 14.3. The maximum Gasteiger partial charge on any atom is 0.352 e. The molecule has 7 heteroatoms. The van der Waals surface area contributed by atoms with Crippen molar-refractivity contribution in [1.29, 1.82) is 0 Å². The molecule has 0 aromatic heterocycles. The van der Waals surface area contributed by atoms with Crippen LogP contribution in [0.25, 0.3) is 6.08 Å². The zero-order chi connectivity index (χ0) is 21.7. The Morgan fingerprint density at radius 2 is 1.77 bits per heavy atom. The van der Waals surface area contributed by atoms with Crippen LogP contribution in [0.2, 0.25) is 0 Å². The van der Waals surface area contributed by atoms with Gasteiger partial charge in [0.15, 0.2) is 0 Å². The zero-order valence-electron chi connectivity index (χ0n) is 15.9. The van der Waals surface area contributed by atoms with Crippen molar-refractivity contribution < 1.29 is 23.8 Å². The lowest BCUT2D eigenvalue weighted by Gasteiger charge is -2.09. The molecule has 0 aliphatic carbocycles. The summed E-state index contributed by atoms with van der Waals surface area (Å²) in [6.07, 6.45) is 1.32. The Morgan fingerprint density at radius 3 is 2.40 bits per heavy atom. The first-order valence-corrected chi connectivity index (χ1v) is 9.96. The number of para-hydroxylation sites is 1. The van der Waals surface area contributed by atoms with Crippen LogP contribution < -0.4 is 10.1 Å². The van der Waals surface area contributed by atoms with Crippen molar-refractivity contribution >= 4 is 40.5 Å². The van der Waals surface area contributed by atoms with E-state index >= 15 is 0 Å². The topological polar surface area (TPSA) is 75.6 Å². The summed E-state index contributed by atoms with van der Waals surface area (Å²) in [6.45, 7) is 1.58. The quantitative estimate of drug-likeness (QED) is 0.340. The maximum absolute atomic E-state index is 13.7. The first-order valence-electron chi connectivity index (χ1n) is 8.88. The van der Waals surface area contributed by atoms with E-state index in [0.717, 1.165) is 9.64 Å². The van der Waals surface area contributed by atoms with Crippen molar-refractivity contribution in [2.45, 2.75) is 6.92 Å². The Balaban J connectivity index is 1.76. The second-order valence-electron chi connectivity index (χ2n) is 6.38. The fraction of sp³-hybridized carbons (Fsp3) is 0.0435. The summed E-state index contributed by atoms with van der Waals surface area (Å²) in [6, 6.07) is 18.3. The van der Waals surface area contributed by atoms with E-state index in [1.807, 2.05) is 24.3 Å². The van der Waals surface area contributed by atoms with E-state index in [0.29, 0.717) is 22.6 Å². The van der Waals surface area contributed by atoms with Crippen LogP contribution >= 0.6 is 22.6 Å². The van der Waals surface area contributed by atoms with Crippen LogP contribution in [0.5, 0.6) is 11.5 Å². The van der Waals surface area contributed by atoms with Crippen molar-refractivity contribution in [3.05, 3.63) is 98.5 Å². The molecule has 1 amide bonds. The van der Waals surface area contributed by atoms with Gasteiger partial charge in [0.05, 0.1) is 3.57 Å². The van der Waals surface area contributed by atoms with Gasteiger partial charge in [0, 0.05) is 5.56 Å². The molecule has 0 spiro atoms. The molecule has 0 atom stereocenters. The number of amides is 1.